The third-order valence-electron chi connectivity index (χ3n) is 3.99. The molecular formula is C19H13ClN2O3S3. The van der Waals surface area contributed by atoms with Gasteiger partial charge in [0.1, 0.15) is 11.3 Å². The third kappa shape index (κ3) is 4.00. The van der Waals surface area contributed by atoms with Gasteiger partial charge in [-0.15, -0.1) is 5.10 Å². The van der Waals surface area contributed by atoms with E-state index in [0.717, 1.165) is 21.0 Å². The Morgan fingerprint density at radius 3 is 2.79 bits per heavy atom. The standard InChI is InChI=1S/C19H13ClN2O3S3/c1-24-14-6-7-15-11(8-17(23)25-16(15)9-14)10-27-18-21-22(19(26)28-18)13-4-2-12(20)3-5-13/h2-9H,10H2,1H3. The number of methoxy groups -OCH3 is 1. The number of rotatable bonds is 5. The molecule has 4 rings (SSSR count). The van der Waals surface area contributed by atoms with Crippen LogP contribution in [0.1, 0.15) is 5.56 Å². The van der Waals surface area contributed by atoms with Gasteiger partial charge in [-0.3, -0.25) is 0 Å². The number of halogens is 1. The average molecular weight is 449 g/mol. The zero-order valence-corrected chi connectivity index (χ0v) is 17.8. The van der Waals surface area contributed by atoms with Crippen molar-refractivity contribution >= 4 is 57.9 Å². The summed E-state index contributed by atoms with van der Waals surface area (Å²) in [6, 6.07) is 14.3. The number of thioether (sulfide) groups is 1. The van der Waals surface area contributed by atoms with Gasteiger partial charge < -0.3 is 9.15 Å². The third-order valence-corrected chi connectivity index (χ3v) is 6.66. The van der Waals surface area contributed by atoms with Crippen LogP contribution < -0.4 is 10.4 Å². The minimum atomic E-state index is -0.393. The molecule has 2 aromatic heterocycles. The molecule has 0 radical (unpaired) electrons. The van der Waals surface area contributed by atoms with Crippen LogP contribution in [0.3, 0.4) is 0 Å². The first-order valence-corrected chi connectivity index (χ1v) is 10.7. The van der Waals surface area contributed by atoms with Crippen molar-refractivity contribution in [2.24, 2.45) is 0 Å². The normalized spacial score (nSPS) is 11.1. The fourth-order valence-electron chi connectivity index (χ4n) is 2.66. The van der Waals surface area contributed by atoms with Crippen LogP contribution in [0.5, 0.6) is 5.75 Å². The van der Waals surface area contributed by atoms with Gasteiger partial charge in [0.05, 0.1) is 12.8 Å². The molecule has 0 aliphatic carbocycles. The molecule has 4 aromatic rings. The molecule has 0 unspecified atom stereocenters. The van der Waals surface area contributed by atoms with Crippen LogP contribution in [0.4, 0.5) is 0 Å². The van der Waals surface area contributed by atoms with Gasteiger partial charge in [0.25, 0.3) is 0 Å². The lowest BCUT2D eigenvalue weighted by Gasteiger charge is -2.06. The largest absolute Gasteiger partial charge is 0.497 e. The minimum Gasteiger partial charge on any atom is -0.497 e. The molecule has 0 fully saturated rings. The van der Waals surface area contributed by atoms with Crippen LogP contribution in [0, 0.1) is 3.95 Å². The second-order valence-electron chi connectivity index (χ2n) is 5.76. The molecule has 9 heteroatoms. The maximum atomic E-state index is 11.9. The van der Waals surface area contributed by atoms with Crippen LogP contribution in [0.2, 0.25) is 5.02 Å². The summed E-state index contributed by atoms with van der Waals surface area (Å²) < 4.78 is 13.7. The van der Waals surface area contributed by atoms with E-state index >= 15 is 0 Å². The Hall–Kier alpha value is -2.13. The van der Waals surface area contributed by atoms with E-state index in [9.17, 15) is 4.79 Å². The number of fused-ring (bicyclic) bond motifs is 1. The zero-order chi connectivity index (χ0) is 19.7. The maximum absolute atomic E-state index is 11.9. The molecule has 0 N–H and O–H groups in total. The lowest BCUT2D eigenvalue weighted by Crippen LogP contribution is -2.00. The van der Waals surface area contributed by atoms with Crippen molar-refractivity contribution in [1.29, 1.82) is 0 Å². The van der Waals surface area contributed by atoms with Gasteiger partial charge in [-0.05, 0) is 54.2 Å². The Balaban J connectivity index is 1.62. The summed E-state index contributed by atoms with van der Waals surface area (Å²) in [5, 5.41) is 6.11. The van der Waals surface area contributed by atoms with E-state index in [4.69, 9.17) is 33.0 Å². The number of hydrogen-bond donors (Lipinski definition) is 0. The van der Waals surface area contributed by atoms with Gasteiger partial charge in [-0.1, -0.05) is 34.7 Å². The van der Waals surface area contributed by atoms with Gasteiger partial charge in [-0.2, -0.15) is 0 Å². The summed E-state index contributed by atoms with van der Waals surface area (Å²) in [6.45, 7) is 0. The Morgan fingerprint density at radius 2 is 2.04 bits per heavy atom. The SMILES string of the molecule is COc1ccc2c(CSc3nn(-c4ccc(Cl)cc4)c(=S)s3)cc(=O)oc2c1. The first-order valence-electron chi connectivity index (χ1n) is 8.13. The van der Waals surface area contributed by atoms with E-state index in [-0.39, 0.29) is 0 Å². The van der Waals surface area contributed by atoms with Crippen molar-refractivity contribution in [3.05, 3.63) is 73.5 Å². The van der Waals surface area contributed by atoms with Crippen molar-refractivity contribution in [2.45, 2.75) is 10.1 Å². The van der Waals surface area contributed by atoms with Crippen molar-refractivity contribution in [3.8, 4) is 11.4 Å². The number of aromatic nitrogens is 2. The van der Waals surface area contributed by atoms with Crippen molar-refractivity contribution < 1.29 is 9.15 Å². The number of nitrogens with zero attached hydrogens (tertiary/aromatic N) is 2. The minimum absolute atomic E-state index is 0.393. The van der Waals surface area contributed by atoms with Crippen LogP contribution in [0.25, 0.3) is 16.7 Å². The summed E-state index contributed by atoms with van der Waals surface area (Å²) in [5.74, 6) is 1.21. The van der Waals surface area contributed by atoms with E-state index in [1.807, 2.05) is 24.3 Å². The Labute approximate surface area is 178 Å². The smallest absolute Gasteiger partial charge is 0.336 e. The quantitative estimate of drug-likeness (QED) is 0.221. The summed E-state index contributed by atoms with van der Waals surface area (Å²) >= 11 is 14.3. The average Bonchev–Trinajstić information content (AvgIpc) is 3.06. The number of ether oxygens (including phenoxy) is 1. The van der Waals surface area contributed by atoms with Crippen molar-refractivity contribution in [3.63, 3.8) is 0 Å². The number of benzene rings is 2. The predicted molar refractivity (Wildman–Crippen MR) is 116 cm³/mol. The first kappa shape index (κ1) is 19.2. The van der Waals surface area contributed by atoms with Crippen molar-refractivity contribution in [2.75, 3.05) is 7.11 Å². The molecule has 0 spiro atoms. The lowest BCUT2D eigenvalue weighted by atomic mass is 10.1. The maximum Gasteiger partial charge on any atom is 0.336 e. The van der Waals surface area contributed by atoms with Gasteiger partial charge in [0, 0.05) is 28.3 Å². The highest BCUT2D eigenvalue weighted by Gasteiger charge is 2.11. The molecular weight excluding hydrogens is 436 g/mol. The monoisotopic (exact) mass is 448 g/mol. The van der Waals surface area contributed by atoms with E-state index in [1.165, 1.54) is 29.2 Å². The summed E-state index contributed by atoms with van der Waals surface area (Å²) in [6.07, 6.45) is 0. The molecule has 2 aromatic carbocycles. The van der Waals surface area contributed by atoms with Crippen LogP contribution >= 0.6 is 46.9 Å². The highest BCUT2D eigenvalue weighted by molar-refractivity contribution is 8.00. The molecule has 5 nitrogen and oxygen atoms in total. The molecule has 0 atom stereocenters. The number of hydrogen-bond acceptors (Lipinski definition) is 7. The van der Waals surface area contributed by atoms with Crippen LogP contribution in [0.15, 0.2) is 62.1 Å². The highest BCUT2D eigenvalue weighted by atomic mass is 35.5. The molecule has 142 valence electrons. The zero-order valence-electron chi connectivity index (χ0n) is 14.5. The van der Waals surface area contributed by atoms with E-state index in [2.05, 4.69) is 5.10 Å². The molecule has 0 aliphatic heterocycles. The highest BCUT2D eigenvalue weighted by Crippen LogP contribution is 2.30. The molecule has 0 bridgehead atoms. The fourth-order valence-corrected chi connectivity index (χ4v) is 5.14. The molecule has 0 saturated heterocycles. The Kier molecular flexibility index (Phi) is 5.54. The molecule has 0 aliphatic rings. The molecule has 0 amide bonds. The second kappa shape index (κ2) is 8.08. The summed E-state index contributed by atoms with van der Waals surface area (Å²) in [7, 11) is 1.57. The molecule has 2 heterocycles. The van der Waals surface area contributed by atoms with E-state index < -0.39 is 5.63 Å². The molecule has 28 heavy (non-hydrogen) atoms. The summed E-state index contributed by atoms with van der Waals surface area (Å²) in [5.41, 5.74) is 1.84. The lowest BCUT2D eigenvalue weighted by molar-refractivity contribution is 0.414. The topological polar surface area (TPSA) is 57.3 Å². The van der Waals surface area contributed by atoms with Gasteiger partial charge in [0.15, 0.2) is 8.29 Å². The van der Waals surface area contributed by atoms with E-state index in [0.29, 0.717) is 26.1 Å². The summed E-state index contributed by atoms with van der Waals surface area (Å²) in [4.78, 5) is 11.9. The Bertz CT molecular complexity index is 1260. The Morgan fingerprint density at radius 1 is 1.25 bits per heavy atom. The first-order chi connectivity index (χ1) is 13.5. The van der Waals surface area contributed by atoms with Crippen molar-refractivity contribution in [1.82, 2.24) is 9.78 Å². The van der Waals surface area contributed by atoms with Gasteiger partial charge in [-0.25, -0.2) is 9.48 Å². The predicted octanol–water partition coefficient (Wildman–Crippen LogP) is 5.72. The fraction of sp³-hybridized carbons (Fsp3) is 0.105. The van der Waals surface area contributed by atoms with Crippen LogP contribution in [-0.4, -0.2) is 16.9 Å². The molecule has 0 saturated carbocycles. The van der Waals surface area contributed by atoms with E-state index in [1.54, 1.807) is 30.0 Å². The second-order valence-corrected chi connectivity index (χ2v) is 9.05. The van der Waals surface area contributed by atoms with Gasteiger partial charge >= 0.3 is 5.63 Å². The van der Waals surface area contributed by atoms with Crippen LogP contribution in [-0.2, 0) is 5.75 Å². The van der Waals surface area contributed by atoms with Gasteiger partial charge in [0.2, 0.25) is 0 Å².